The maximum Gasteiger partial charge on any atom is 0.356 e. The molecule has 0 amide bonds. The Balaban J connectivity index is 1.82. The van der Waals surface area contributed by atoms with Crippen LogP contribution in [0, 0.1) is 0 Å². The van der Waals surface area contributed by atoms with E-state index in [4.69, 9.17) is 4.43 Å². The molecule has 2 fully saturated rings. The van der Waals surface area contributed by atoms with Gasteiger partial charge in [0.1, 0.15) is 0 Å². The van der Waals surface area contributed by atoms with Crippen LogP contribution in [0.1, 0.15) is 94.1 Å². The molecule has 0 saturated heterocycles. The smallest absolute Gasteiger partial charge is 0.356 e. The van der Waals surface area contributed by atoms with Gasteiger partial charge in [0.25, 0.3) is 0 Å². The zero-order valence-electron chi connectivity index (χ0n) is 15.5. The molecule has 3 heteroatoms. The monoisotopic (exact) mass is 354 g/mol. The van der Waals surface area contributed by atoms with Crippen LogP contribution in [0.3, 0.4) is 0 Å². The van der Waals surface area contributed by atoms with Gasteiger partial charge in [-0.1, -0.05) is 63.3 Å². The summed E-state index contributed by atoms with van der Waals surface area (Å²) in [5, 5.41) is 1.22. The van der Waals surface area contributed by atoms with Gasteiger partial charge in [-0.25, -0.2) is 4.79 Å². The maximum atomic E-state index is 11.8. The van der Waals surface area contributed by atoms with Crippen LogP contribution in [0.25, 0.3) is 0 Å². The molecule has 2 aliphatic carbocycles. The fourth-order valence-corrected chi connectivity index (χ4v) is 5.23. The lowest BCUT2D eigenvalue weighted by Gasteiger charge is -2.27. The summed E-state index contributed by atoms with van der Waals surface area (Å²) in [7, 11) is 0.0959. The van der Waals surface area contributed by atoms with Gasteiger partial charge in [-0.3, -0.25) is 0 Å². The number of carbonyl (C=O) groups excluding carboxylic acids is 1. The van der Waals surface area contributed by atoms with Crippen LogP contribution in [-0.2, 0) is 9.22 Å². The molecular formula is C22H30O2Si. The van der Waals surface area contributed by atoms with Gasteiger partial charge in [0.05, 0.1) is 0 Å². The molecule has 2 saturated carbocycles. The third-order valence-corrected chi connectivity index (χ3v) is 6.76. The normalized spacial score (nSPS) is 19.6. The Kier molecular flexibility index (Phi) is 6.52. The molecule has 0 aromatic heterocycles. The third kappa shape index (κ3) is 4.84. The lowest BCUT2D eigenvalue weighted by atomic mass is 9.80. The third-order valence-electron chi connectivity index (χ3n) is 5.80. The molecule has 0 atom stereocenters. The Bertz CT molecular complexity index is 610. The summed E-state index contributed by atoms with van der Waals surface area (Å²) in [6.45, 7) is 5.39. The van der Waals surface area contributed by atoms with E-state index in [1.165, 1.54) is 80.5 Å². The molecule has 0 unspecified atom stereocenters. The summed E-state index contributed by atoms with van der Waals surface area (Å²) in [6.07, 6.45) is 13.3. The fraction of sp³-hybridized carbons (Fsp3) is 0.591. The first-order valence-corrected chi connectivity index (χ1v) is 10.8. The lowest BCUT2D eigenvalue weighted by Crippen LogP contribution is -2.27. The van der Waals surface area contributed by atoms with Gasteiger partial charge in [0, 0.05) is 5.57 Å². The zero-order chi connectivity index (χ0) is 17.6. The molecule has 134 valence electrons. The molecule has 2 radical (unpaired) electrons. The number of hydrogen-bond donors (Lipinski definition) is 0. The molecule has 0 bridgehead atoms. The summed E-state index contributed by atoms with van der Waals surface area (Å²) < 4.78 is 5.50. The number of hydrogen-bond acceptors (Lipinski definition) is 2. The largest absolute Gasteiger partial charge is 0.508 e. The molecule has 25 heavy (non-hydrogen) atoms. The number of benzene rings is 1. The zero-order valence-corrected chi connectivity index (χ0v) is 16.5. The SMILES string of the molecule is C=C(C)C(=O)O[Si]c1ccc(C2CCCCC2)cc1C1CCCCC1. The molecule has 0 heterocycles. The Morgan fingerprint density at radius 2 is 1.60 bits per heavy atom. The first-order valence-electron chi connectivity index (χ1n) is 9.91. The predicted molar refractivity (Wildman–Crippen MR) is 104 cm³/mol. The Morgan fingerprint density at radius 1 is 1.00 bits per heavy atom. The van der Waals surface area contributed by atoms with E-state index in [-0.39, 0.29) is 15.7 Å². The van der Waals surface area contributed by atoms with Crippen molar-refractivity contribution in [3.8, 4) is 0 Å². The highest BCUT2D eigenvalue weighted by Crippen LogP contribution is 2.36. The molecule has 1 aromatic rings. The minimum atomic E-state index is -0.274. The van der Waals surface area contributed by atoms with Crippen molar-refractivity contribution >= 4 is 20.9 Å². The van der Waals surface area contributed by atoms with E-state index in [1.54, 1.807) is 6.92 Å². The second-order valence-corrected chi connectivity index (χ2v) is 8.74. The average molecular weight is 355 g/mol. The Labute approximate surface area is 155 Å². The van der Waals surface area contributed by atoms with E-state index in [1.807, 2.05) is 0 Å². The van der Waals surface area contributed by atoms with Gasteiger partial charge in [-0.05, 0) is 60.8 Å². The summed E-state index contributed by atoms with van der Waals surface area (Å²) in [4.78, 5) is 11.8. The van der Waals surface area contributed by atoms with E-state index in [2.05, 4.69) is 24.8 Å². The van der Waals surface area contributed by atoms with Crippen LogP contribution < -0.4 is 5.19 Å². The fourth-order valence-electron chi connectivity index (χ4n) is 4.30. The minimum Gasteiger partial charge on any atom is -0.508 e. The van der Waals surface area contributed by atoms with Crippen LogP contribution >= 0.6 is 0 Å². The first kappa shape index (κ1) is 18.4. The molecule has 2 nitrogen and oxygen atoms in total. The molecular weight excluding hydrogens is 324 g/mol. The van der Waals surface area contributed by atoms with Gasteiger partial charge in [0.15, 0.2) is 0 Å². The Morgan fingerprint density at radius 3 is 2.20 bits per heavy atom. The quantitative estimate of drug-likeness (QED) is 0.540. The van der Waals surface area contributed by atoms with E-state index >= 15 is 0 Å². The summed E-state index contributed by atoms with van der Waals surface area (Å²) in [5.41, 5.74) is 3.45. The van der Waals surface area contributed by atoms with Crippen molar-refractivity contribution < 1.29 is 9.22 Å². The highest BCUT2D eigenvalue weighted by atomic mass is 28.2. The van der Waals surface area contributed by atoms with Gasteiger partial charge in [0.2, 0.25) is 0 Å². The van der Waals surface area contributed by atoms with Crippen molar-refractivity contribution in [2.45, 2.75) is 83.0 Å². The van der Waals surface area contributed by atoms with Crippen LogP contribution in [0.4, 0.5) is 0 Å². The Hall–Kier alpha value is -1.35. The van der Waals surface area contributed by atoms with Crippen molar-refractivity contribution in [2.24, 2.45) is 0 Å². The molecule has 2 aliphatic rings. The first-order chi connectivity index (χ1) is 12.1. The summed E-state index contributed by atoms with van der Waals surface area (Å²) in [6, 6.07) is 6.99. The predicted octanol–water partition coefficient (Wildman–Crippen LogP) is 5.15. The molecule has 0 aliphatic heterocycles. The van der Waals surface area contributed by atoms with Crippen LogP contribution in [0.2, 0.25) is 0 Å². The maximum absolute atomic E-state index is 11.8. The van der Waals surface area contributed by atoms with Crippen molar-refractivity contribution in [2.75, 3.05) is 0 Å². The van der Waals surface area contributed by atoms with Crippen LogP contribution in [0.5, 0.6) is 0 Å². The van der Waals surface area contributed by atoms with E-state index in [0.29, 0.717) is 11.5 Å². The van der Waals surface area contributed by atoms with Crippen LogP contribution in [0.15, 0.2) is 30.4 Å². The van der Waals surface area contributed by atoms with Crippen molar-refractivity contribution in [1.82, 2.24) is 0 Å². The van der Waals surface area contributed by atoms with Crippen LogP contribution in [-0.4, -0.2) is 15.7 Å². The molecule has 0 N–H and O–H groups in total. The van der Waals surface area contributed by atoms with E-state index in [0.717, 1.165) is 5.92 Å². The van der Waals surface area contributed by atoms with Crippen molar-refractivity contribution in [3.63, 3.8) is 0 Å². The van der Waals surface area contributed by atoms with E-state index in [9.17, 15) is 4.79 Å². The van der Waals surface area contributed by atoms with Gasteiger partial charge < -0.3 is 4.43 Å². The topological polar surface area (TPSA) is 26.3 Å². The summed E-state index contributed by atoms with van der Waals surface area (Å²) >= 11 is 0. The second kappa shape index (κ2) is 8.84. The van der Waals surface area contributed by atoms with E-state index < -0.39 is 0 Å². The lowest BCUT2D eigenvalue weighted by molar-refractivity contribution is -0.129. The highest BCUT2D eigenvalue weighted by Gasteiger charge is 2.23. The van der Waals surface area contributed by atoms with Crippen molar-refractivity contribution in [3.05, 3.63) is 41.5 Å². The van der Waals surface area contributed by atoms with Gasteiger partial charge >= 0.3 is 15.7 Å². The standard InChI is InChI=1S/C22H30O2Si/c1-16(2)22(23)24-25-21-14-13-19(17-9-5-3-6-10-17)15-20(21)18-11-7-4-8-12-18/h13-15,17-18H,1,3-12H2,2H3. The summed E-state index contributed by atoms with van der Waals surface area (Å²) in [5.74, 6) is 1.10. The number of carbonyl (C=O) groups is 1. The van der Waals surface area contributed by atoms with Crippen molar-refractivity contribution in [1.29, 1.82) is 0 Å². The van der Waals surface area contributed by atoms with Gasteiger partial charge in [-0.2, -0.15) is 0 Å². The minimum absolute atomic E-state index is 0.0959. The highest BCUT2D eigenvalue weighted by molar-refractivity contribution is 6.50. The number of rotatable bonds is 5. The van der Waals surface area contributed by atoms with Gasteiger partial charge in [-0.15, -0.1) is 0 Å². The average Bonchev–Trinajstić information content (AvgIpc) is 2.67. The molecule has 3 rings (SSSR count). The second-order valence-electron chi connectivity index (χ2n) is 7.79. The molecule has 0 spiro atoms. The molecule has 1 aromatic carbocycles.